The van der Waals surface area contributed by atoms with E-state index >= 15 is 0 Å². The summed E-state index contributed by atoms with van der Waals surface area (Å²) < 4.78 is 10.4. The number of furan rings is 1. The number of esters is 1. The van der Waals surface area contributed by atoms with Crippen molar-refractivity contribution in [3.63, 3.8) is 0 Å². The van der Waals surface area contributed by atoms with Gasteiger partial charge in [-0.15, -0.1) is 0 Å². The first-order valence-corrected chi connectivity index (χ1v) is 10.4. The van der Waals surface area contributed by atoms with Crippen LogP contribution in [0.5, 0.6) is 0 Å². The van der Waals surface area contributed by atoms with Gasteiger partial charge in [0.15, 0.2) is 11.9 Å². The summed E-state index contributed by atoms with van der Waals surface area (Å²) in [6.45, 7) is 1.42. The van der Waals surface area contributed by atoms with Crippen LogP contribution < -0.4 is 10.6 Å². The van der Waals surface area contributed by atoms with Gasteiger partial charge in [0, 0.05) is 11.4 Å². The van der Waals surface area contributed by atoms with E-state index in [1.165, 1.54) is 25.3 Å². The lowest BCUT2D eigenvalue weighted by Gasteiger charge is -2.20. The second kappa shape index (κ2) is 10.8. The second-order valence-electron chi connectivity index (χ2n) is 6.89. The van der Waals surface area contributed by atoms with Crippen LogP contribution in [0.3, 0.4) is 0 Å². The van der Waals surface area contributed by atoms with E-state index < -0.39 is 29.9 Å². The monoisotopic (exact) mass is 474 g/mol. The summed E-state index contributed by atoms with van der Waals surface area (Å²) in [7, 11) is 0. The van der Waals surface area contributed by atoms with Crippen molar-refractivity contribution in [2.45, 2.75) is 25.5 Å². The molecule has 2 aromatic carbocycles. The molecule has 3 rings (SSSR count). The quantitative estimate of drug-likeness (QED) is 0.468. The Balaban J connectivity index is 1.68. The van der Waals surface area contributed by atoms with Crippen molar-refractivity contribution in [1.82, 2.24) is 5.32 Å². The van der Waals surface area contributed by atoms with Crippen LogP contribution in [-0.2, 0) is 20.7 Å². The Bertz CT molecular complexity index is 1090. The Morgan fingerprint density at radius 3 is 2.44 bits per heavy atom. The lowest BCUT2D eigenvalue weighted by atomic mass is 10.1. The molecule has 3 aromatic rings. The summed E-state index contributed by atoms with van der Waals surface area (Å²) >= 11 is 11.9. The molecule has 0 radical (unpaired) electrons. The first-order chi connectivity index (χ1) is 15.3. The highest BCUT2D eigenvalue weighted by Crippen LogP contribution is 2.25. The van der Waals surface area contributed by atoms with Crippen molar-refractivity contribution in [2.75, 3.05) is 5.32 Å². The molecule has 0 aliphatic heterocycles. The van der Waals surface area contributed by atoms with E-state index in [4.69, 9.17) is 32.4 Å². The number of hydrogen-bond donors (Lipinski definition) is 2. The van der Waals surface area contributed by atoms with Crippen molar-refractivity contribution in [3.05, 3.63) is 88.3 Å². The average molecular weight is 475 g/mol. The Hall–Kier alpha value is -3.29. The van der Waals surface area contributed by atoms with E-state index in [0.717, 1.165) is 5.56 Å². The Morgan fingerprint density at radius 2 is 1.78 bits per heavy atom. The smallest absolute Gasteiger partial charge is 0.329 e. The van der Waals surface area contributed by atoms with Gasteiger partial charge in [-0.2, -0.15) is 0 Å². The molecule has 2 N–H and O–H groups in total. The standard InChI is InChI=1S/C23H20Cl2N2O5/c1-14(21(28)26-18-10-9-16(24)13-17(18)25)32-23(30)19(12-15-6-3-2-4-7-15)27-22(29)20-8-5-11-31-20/h2-11,13-14,19H,12H2,1H3,(H,26,28)(H,27,29)/t14-,19-/m0/s1. The normalized spacial score (nSPS) is 12.5. The third kappa shape index (κ3) is 6.35. The lowest BCUT2D eigenvalue weighted by molar-refractivity contribution is -0.155. The molecule has 1 aromatic heterocycles. The van der Waals surface area contributed by atoms with E-state index in [9.17, 15) is 14.4 Å². The minimum Gasteiger partial charge on any atom is -0.459 e. The summed E-state index contributed by atoms with van der Waals surface area (Å²) in [4.78, 5) is 37.8. The van der Waals surface area contributed by atoms with Gasteiger partial charge < -0.3 is 19.8 Å². The van der Waals surface area contributed by atoms with Crippen LogP contribution >= 0.6 is 23.2 Å². The van der Waals surface area contributed by atoms with Crippen LogP contribution in [0.4, 0.5) is 5.69 Å². The lowest BCUT2D eigenvalue weighted by Crippen LogP contribution is -2.45. The molecule has 2 atom stereocenters. The molecule has 0 aliphatic carbocycles. The fraction of sp³-hybridized carbons (Fsp3) is 0.174. The third-order valence-electron chi connectivity index (χ3n) is 4.47. The number of ether oxygens (including phenoxy) is 1. The van der Waals surface area contributed by atoms with Crippen LogP contribution in [0.2, 0.25) is 10.0 Å². The van der Waals surface area contributed by atoms with E-state index in [0.29, 0.717) is 10.7 Å². The van der Waals surface area contributed by atoms with Crippen molar-refractivity contribution in [2.24, 2.45) is 0 Å². The number of carbonyl (C=O) groups is 3. The van der Waals surface area contributed by atoms with Crippen LogP contribution in [0, 0.1) is 0 Å². The fourth-order valence-corrected chi connectivity index (χ4v) is 3.27. The van der Waals surface area contributed by atoms with E-state index in [1.807, 2.05) is 30.3 Å². The van der Waals surface area contributed by atoms with Gasteiger partial charge in [-0.05, 0) is 42.8 Å². The highest BCUT2D eigenvalue weighted by atomic mass is 35.5. The summed E-state index contributed by atoms with van der Waals surface area (Å²) in [5.74, 6) is -1.87. The second-order valence-corrected chi connectivity index (χ2v) is 7.73. The minimum atomic E-state index is -1.15. The molecule has 0 spiro atoms. The summed E-state index contributed by atoms with van der Waals surface area (Å²) in [6, 6.07) is 15.7. The van der Waals surface area contributed by atoms with Crippen LogP contribution in [0.1, 0.15) is 23.0 Å². The first kappa shape index (κ1) is 23.4. The third-order valence-corrected chi connectivity index (χ3v) is 5.02. The molecule has 0 saturated heterocycles. The number of halogens is 2. The van der Waals surface area contributed by atoms with Gasteiger partial charge in [0.1, 0.15) is 6.04 Å². The number of amides is 2. The Morgan fingerprint density at radius 1 is 1.03 bits per heavy atom. The highest BCUT2D eigenvalue weighted by molar-refractivity contribution is 6.36. The van der Waals surface area contributed by atoms with Crippen LogP contribution in [-0.4, -0.2) is 29.9 Å². The van der Waals surface area contributed by atoms with Gasteiger partial charge >= 0.3 is 5.97 Å². The number of anilines is 1. The molecule has 166 valence electrons. The number of nitrogens with one attached hydrogen (secondary N) is 2. The molecule has 0 fully saturated rings. The number of benzene rings is 2. The molecule has 7 nitrogen and oxygen atoms in total. The number of rotatable bonds is 8. The van der Waals surface area contributed by atoms with Gasteiger partial charge in [-0.1, -0.05) is 53.5 Å². The largest absolute Gasteiger partial charge is 0.459 e. The zero-order chi connectivity index (χ0) is 23.1. The van der Waals surface area contributed by atoms with Crippen LogP contribution in [0.15, 0.2) is 71.3 Å². The zero-order valence-electron chi connectivity index (χ0n) is 17.0. The van der Waals surface area contributed by atoms with E-state index in [-0.39, 0.29) is 17.2 Å². The predicted molar refractivity (Wildman–Crippen MR) is 121 cm³/mol. The maximum absolute atomic E-state index is 12.8. The fourth-order valence-electron chi connectivity index (χ4n) is 2.82. The van der Waals surface area contributed by atoms with Gasteiger partial charge in [0.05, 0.1) is 17.0 Å². The van der Waals surface area contributed by atoms with Crippen molar-refractivity contribution < 1.29 is 23.5 Å². The molecule has 2 amide bonds. The predicted octanol–water partition coefficient (Wildman–Crippen LogP) is 4.50. The molecular formula is C23H20Cl2N2O5. The zero-order valence-corrected chi connectivity index (χ0v) is 18.5. The number of hydrogen-bond acceptors (Lipinski definition) is 5. The summed E-state index contributed by atoms with van der Waals surface area (Å²) in [5, 5.41) is 5.85. The Labute approximate surface area is 194 Å². The minimum absolute atomic E-state index is 0.0547. The van der Waals surface area contributed by atoms with Gasteiger partial charge in [0.2, 0.25) is 0 Å². The van der Waals surface area contributed by atoms with Gasteiger partial charge in [-0.25, -0.2) is 4.79 Å². The van der Waals surface area contributed by atoms with Gasteiger partial charge in [0.25, 0.3) is 11.8 Å². The molecule has 32 heavy (non-hydrogen) atoms. The number of carbonyl (C=O) groups excluding carboxylic acids is 3. The molecule has 0 bridgehead atoms. The first-order valence-electron chi connectivity index (χ1n) is 9.68. The molecule has 0 saturated carbocycles. The topological polar surface area (TPSA) is 97.6 Å². The molecule has 0 aliphatic rings. The molecule has 9 heteroatoms. The molecular weight excluding hydrogens is 455 g/mol. The van der Waals surface area contributed by atoms with Gasteiger partial charge in [-0.3, -0.25) is 9.59 Å². The van der Waals surface area contributed by atoms with E-state index in [1.54, 1.807) is 18.2 Å². The molecule has 1 heterocycles. The van der Waals surface area contributed by atoms with E-state index in [2.05, 4.69) is 10.6 Å². The average Bonchev–Trinajstić information content (AvgIpc) is 3.31. The van der Waals surface area contributed by atoms with Crippen molar-refractivity contribution in [3.8, 4) is 0 Å². The maximum atomic E-state index is 12.8. The summed E-state index contributed by atoms with van der Waals surface area (Å²) in [6.07, 6.45) is 0.380. The Kier molecular flexibility index (Phi) is 7.92. The maximum Gasteiger partial charge on any atom is 0.329 e. The summed E-state index contributed by atoms with van der Waals surface area (Å²) in [5.41, 5.74) is 1.13. The van der Waals surface area contributed by atoms with Crippen LogP contribution in [0.25, 0.3) is 0 Å². The van der Waals surface area contributed by atoms with Crippen molar-refractivity contribution >= 4 is 46.7 Å². The SMILES string of the molecule is C[C@H](OC(=O)[C@H](Cc1ccccc1)NC(=O)c1ccco1)C(=O)Nc1ccc(Cl)cc1Cl. The van der Waals surface area contributed by atoms with Crippen molar-refractivity contribution in [1.29, 1.82) is 0 Å². The highest BCUT2D eigenvalue weighted by Gasteiger charge is 2.28. The molecule has 0 unspecified atom stereocenters.